The number of carbonyl (C=O) groups excluding carboxylic acids is 1. The van der Waals surface area contributed by atoms with Gasteiger partial charge in [0.05, 0.1) is 6.61 Å². The van der Waals surface area contributed by atoms with Crippen LogP contribution in [0.15, 0.2) is 48.5 Å². The highest BCUT2D eigenvalue weighted by Gasteiger charge is 2.21. The molecule has 5 heteroatoms. The number of rotatable bonds is 5. The summed E-state index contributed by atoms with van der Waals surface area (Å²) >= 11 is 0. The van der Waals surface area contributed by atoms with E-state index in [1.807, 2.05) is 26.0 Å². The average Bonchev–Trinajstić information content (AvgIpc) is 2.74. The molecule has 2 aromatic carbocycles. The molecule has 1 heterocycles. The second-order valence-corrected chi connectivity index (χ2v) is 7.86. The molecular formula is C25H33NO4. The maximum absolute atomic E-state index is 12.2. The van der Waals surface area contributed by atoms with Gasteiger partial charge in [0.25, 0.3) is 0 Å². The zero-order valence-electron chi connectivity index (χ0n) is 18.8. The van der Waals surface area contributed by atoms with Crippen molar-refractivity contribution in [2.45, 2.75) is 46.1 Å². The van der Waals surface area contributed by atoms with E-state index in [1.165, 1.54) is 11.6 Å². The molecule has 162 valence electrons. The Morgan fingerprint density at radius 3 is 2.47 bits per heavy atom. The summed E-state index contributed by atoms with van der Waals surface area (Å²) in [5.41, 5.74) is 3.01. The van der Waals surface area contributed by atoms with Crippen LogP contribution in [-0.4, -0.2) is 32.3 Å². The minimum atomic E-state index is -0.200. The predicted molar refractivity (Wildman–Crippen MR) is 122 cm³/mol. The van der Waals surface area contributed by atoms with Crippen molar-refractivity contribution < 1.29 is 19.0 Å². The summed E-state index contributed by atoms with van der Waals surface area (Å²) in [7, 11) is 1.63. The smallest absolute Gasteiger partial charge is 0.248 e. The molecule has 1 N–H and O–H groups in total. The first kappa shape index (κ1) is 23.5. The largest absolute Gasteiger partial charge is 0.486 e. The van der Waals surface area contributed by atoms with Crippen molar-refractivity contribution >= 4 is 17.7 Å². The molecular weight excluding hydrogens is 378 g/mol. The van der Waals surface area contributed by atoms with Gasteiger partial charge in [0.2, 0.25) is 5.91 Å². The molecule has 1 amide bonds. The van der Waals surface area contributed by atoms with Crippen LogP contribution in [-0.2, 0) is 14.9 Å². The number of nitrogens with one attached hydrogen (secondary N) is 1. The molecule has 0 spiro atoms. The number of amides is 1. The van der Waals surface area contributed by atoms with Crippen LogP contribution in [0.2, 0.25) is 0 Å². The van der Waals surface area contributed by atoms with Crippen LogP contribution in [0.3, 0.4) is 0 Å². The lowest BCUT2D eigenvalue weighted by Gasteiger charge is -2.26. The first-order valence-corrected chi connectivity index (χ1v) is 10.4. The normalized spacial score (nSPS) is 15.3. The molecule has 0 aromatic heterocycles. The molecule has 0 saturated carbocycles. The molecule has 1 atom stereocenters. The van der Waals surface area contributed by atoms with Crippen molar-refractivity contribution in [3.8, 4) is 11.5 Å². The van der Waals surface area contributed by atoms with Crippen molar-refractivity contribution in [1.29, 1.82) is 0 Å². The van der Waals surface area contributed by atoms with Gasteiger partial charge in [0.1, 0.15) is 6.61 Å². The first-order chi connectivity index (χ1) is 14.3. The fourth-order valence-electron chi connectivity index (χ4n) is 2.91. The van der Waals surface area contributed by atoms with Gasteiger partial charge < -0.3 is 19.5 Å². The molecule has 5 nitrogen and oxygen atoms in total. The van der Waals surface area contributed by atoms with E-state index in [4.69, 9.17) is 14.2 Å². The fourth-order valence-corrected chi connectivity index (χ4v) is 2.91. The molecule has 0 saturated heterocycles. The van der Waals surface area contributed by atoms with Crippen molar-refractivity contribution in [2.24, 2.45) is 0 Å². The van der Waals surface area contributed by atoms with Crippen molar-refractivity contribution in [2.75, 3.05) is 25.6 Å². The maximum Gasteiger partial charge on any atom is 0.248 e. The molecule has 0 aliphatic carbocycles. The molecule has 0 radical (unpaired) electrons. The number of fused-ring (bicyclic) bond motifs is 1. The number of hydrogen-bond donors (Lipinski definition) is 1. The highest BCUT2D eigenvalue weighted by atomic mass is 16.6. The third kappa shape index (κ3) is 6.63. The van der Waals surface area contributed by atoms with Gasteiger partial charge in [-0.15, -0.1) is 0 Å². The highest BCUT2D eigenvalue weighted by molar-refractivity contribution is 6.02. The summed E-state index contributed by atoms with van der Waals surface area (Å²) in [6, 6.07) is 13.6. The minimum absolute atomic E-state index is 0.113. The SMILES string of the molecule is CC.COCC1COc2cc(NC(=O)/C=C/c3ccc(C(C)(C)C)cc3)ccc2O1. The van der Waals surface area contributed by atoms with E-state index < -0.39 is 0 Å². The Kier molecular flexibility index (Phi) is 8.48. The van der Waals surface area contributed by atoms with Crippen molar-refractivity contribution in [3.63, 3.8) is 0 Å². The van der Waals surface area contributed by atoms with Gasteiger partial charge >= 0.3 is 0 Å². The van der Waals surface area contributed by atoms with Gasteiger partial charge in [-0.3, -0.25) is 4.79 Å². The van der Waals surface area contributed by atoms with E-state index in [0.717, 1.165) is 5.56 Å². The van der Waals surface area contributed by atoms with Crippen LogP contribution >= 0.6 is 0 Å². The van der Waals surface area contributed by atoms with Crippen LogP contribution in [0, 0.1) is 0 Å². The van der Waals surface area contributed by atoms with E-state index in [0.29, 0.717) is 30.4 Å². The summed E-state index contributed by atoms with van der Waals surface area (Å²) < 4.78 is 16.6. The topological polar surface area (TPSA) is 56.8 Å². The average molecular weight is 412 g/mol. The zero-order chi connectivity index (χ0) is 22.1. The Labute approximate surface area is 180 Å². The predicted octanol–water partition coefficient (Wildman–Crippen LogP) is 5.45. The van der Waals surface area contributed by atoms with Gasteiger partial charge in [-0.1, -0.05) is 58.9 Å². The van der Waals surface area contributed by atoms with Crippen molar-refractivity contribution in [1.82, 2.24) is 0 Å². The summed E-state index contributed by atoms with van der Waals surface area (Å²) in [4.78, 5) is 12.2. The maximum atomic E-state index is 12.2. The Morgan fingerprint density at radius 2 is 1.83 bits per heavy atom. The minimum Gasteiger partial charge on any atom is -0.486 e. The third-order valence-corrected chi connectivity index (χ3v) is 4.49. The van der Waals surface area contributed by atoms with Crippen LogP contribution in [0.4, 0.5) is 5.69 Å². The lowest BCUT2D eigenvalue weighted by molar-refractivity contribution is -0.111. The summed E-state index contributed by atoms with van der Waals surface area (Å²) in [6.07, 6.45) is 3.21. The van der Waals surface area contributed by atoms with Gasteiger partial charge in [-0.25, -0.2) is 0 Å². The molecule has 0 bridgehead atoms. The number of anilines is 1. The fraction of sp³-hybridized carbons (Fsp3) is 0.400. The number of ether oxygens (including phenoxy) is 3. The van der Waals surface area contributed by atoms with E-state index in [-0.39, 0.29) is 17.4 Å². The van der Waals surface area contributed by atoms with Crippen LogP contribution in [0.25, 0.3) is 6.08 Å². The van der Waals surface area contributed by atoms with Crippen LogP contribution < -0.4 is 14.8 Å². The standard InChI is InChI=1S/C23H27NO4.C2H6/c1-23(2,3)17-8-5-16(6-9-17)7-12-22(25)24-18-10-11-20-21(13-18)27-15-19(28-20)14-26-4;1-2/h5-13,19H,14-15H2,1-4H3,(H,24,25);1-2H3/b12-7+;. The lowest BCUT2D eigenvalue weighted by atomic mass is 9.87. The Morgan fingerprint density at radius 1 is 1.13 bits per heavy atom. The van der Waals surface area contributed by atoms with Crippen LogP contribution in [0.1, 0.15) is 45.7 Å². The number of carbonyl (C=O) groups is 1. The number of methoxy groups -OCH3 is 1. The summed E-state index contributed by atoms with van der Waals surface area (Å²) in [6.45, 7) is 11.4. The number of benzene rings is 2. The first-order valence-electron chi connectivity index (χ1n) is 10.4. The molecule has 2 aromatic rings. The van der Waals surface area contributed by atoms with Crippen molar-refractivity contribution in [3.05, 3.63) is 59.7 Å². The Bertz CT molecular complexity index is 850. The number of hydrogen-bond acceptors (Lipinski definition) is 4. The summed E-state index contributed by atoms with van der Waals surface area (Å²) in [5.74, 6) is 1.07. The molecule has 1 unspecified atom stereocenters. The molecule has 0 fully saturated rings. The summed E-state index contributed by atoms with van der Waals surface area (Å²) in [5, 5.41) is 2.85. The third-order valence-electron chi connectivity index (χ3n) is 4.49. The Hall–Kier alpha value is -2.79. The van der Waals surface area contributed by atoms with Gasteiger partial charge in [-0.2, -0.15) is 0 Å². The highest BCUT2D eigenvalue weighted by Crippen LogP contribution is 2.34. The van der Waals surface area contributed by atoms with Gasteiger partial charge in [-0.05, 0) is 34.8 Å². The zero-order valence-corrected chi connectivity index (χ0v) is 18.8. The van der Waals surface area contributed by atoms with E-state index in [1.54, 1.807) is 31.4 Å². The van der Waals surface area contributed by atoms with Gasteiger partial charge in [0, 0.05) is 24.9 Å². The van der Waals surface area contributed by atoms with Crippen LogP contribution in [0.5, 0.6) is 11.5 Å². The molecule has 1 aliphatic heterocycles. The quantitative estimate of drug-likeness (QED) is 0.665. The second kappa shape index (κ2) is 10.8. The molecule has 30 heavy (non-hydrogen) atoms. The Balaban J connectivity index is 0.00000155. The monoisotopic (exact) mass is 411 g/mol. The van der Waals surface area contributed by atoms with E-state index in [9.17, 15) is 4.79 Å². The lowest BCUT2D eigenvalue weighted by Crippen LogP contribution is -2.33. The van der Waals surface area contributed by atoms with E-state index >= 15 is 0 Å². The van der Waals surface area contributed by atoms with E-state index in [2.05, 4.69) is 38.2 Å². The van der Waals surface area contributed by atoms with Gasteiger partial charge in [0.15, 0.2) is 17.6 Å². The molecule has 1 aliphatic rings. The molecule has 3 rings (SSSR count). The second-order valence-electron chi connectivity index (χ2n) is 7.86.